The van der Waals surface area contributed by atoms with Gasteiger partial charge in [0.25, 0.3) is 5.91 Å². The van der Waals surface area contributed by atoms with Crippen LogP contribution >= 0.6 is 27.3 Å². The Hall–Kier alpha value is -2.13. The van der Waals surface area contributed by atoms with Gasteiger partial charge in [-0.05, 0) is 48.3 Å². The molecule has 0 aliphatic rings. The number of hydrogen-bond acceptors (Lipinski definition) is 5. The molecule has 9 heteroatoms. The topological polar surface area (TPSA) is 87.4 Å². The number of rotatable bonds is 3. The third-order valence-corrected chi connectivity index (χ3v) is 5.83. The SMILES string of the molecule is CC(c1cc(Br)cs1)c1cn(C)cc1C(=O)N(C)C(=N)NC(=O)OC(C)(C)C. The van der Waals surface area contributed by atoms with Crippen LogP contribution < -0.4 is 5.32 Å². The number of halogens is 1. The third-order valence-electron chi connectivity index (χ3n) is 3.96. The van der Waals surface area contributed by atoms with Crippen LogP contribution in [-0.2, 0) is 11.8 Å². The summed E-state index contributed by atoms with van der Waals surface area (Å²) in [5, 5.41) is 12.3. The molecule has 0 aliphatic carbocycles. The molecule has 0 spiro atoms. The number of guanidine groups is 1. The van der Waals surface area contributed by atoms with Crippen LogP contribution in [0.5, 0.6) is 0 Å². The van der Waals surface area contributed by atoms with Crippen molar-refractivity contribution in [3.8, 4) is 0 Å². The average Bonchev–Trinajstić information content (AvgIpc) is 3.16. The van der Waals surface area contributed by atoms with Crippen molar-refractivity contribution in [2.75, 3.05) is 7.05 Å². The van der Waals surface area contributed by atoms with E-state index >= 15 is 0 Å². The highest BCUT2D eigenvalue weighted by Gasteiger charge is 2.26. The van der Waals surface area contributed by atoms with Gasteiger partial charge in [-0.2, -0.15) is 0 Å². The Bertz CT molecular complexity index is 897. The van der Waals surface area contributed by atoms with E-state index in [9.17, 15) is 9.59 Å². The van der Waals surface area contributed by atoms with Crippen molar-refractivity contribution < 1.29 is 14.3 Å². The summed E-state index contributed by atoms with van der Waals surface area (Å²) in [6.45, 7) is 7.22. The predicted octanol–water partition coefficient (Wildman–Crippen LogP) is 4.53. The first-order valence-electron chi connectivity index (χ1n) is 8.65. The Balaban J connectivity index is 2.19. The highest BCUT2D eigenvalue weighted by molar-refractivity contribution is 9.10. The van der Waals surface area contributed by atoms with E-state index in [-0.39, 0.29) is 17.8 Å². The van der Waals surface area contributed by atoms with Crippen LogP contribution in [0.15, 0.2) is 28.3 Å². The number of nitrogens with zero attached hydrogens (tertiary/aromatic N) is 2. The number of alkyl carbamates (subject to hydrolysis) is 1. The number of aromatic nitrogens is 1. The Morgan fingerprint density at radius 2 is 2.00 bits per heavy atom. The van der Waals surface area contributed by atoms with Crippen molar-refractivity contribution in [1.29, 1.82) is 5.41 Å². The first kappa shape index (κ1) is 22.2. The quantitative estimate of drug-likeness (QED) is 0.512. The molecule has 2 amide bonds. The van der Waals surface area contributed by atoms with Gasteiger partial charge >= 0.3 is 6.09 Å². The van der Waals surface area contributed by atoms with Gasteiger partial charge in [-0.3, -0.25) is 20.4 Å². The van der Waals surface area contributed by atoms with Gasteiger partial charge in [-0.1, -0.05) is 6.92 Å². The van der Waals surface area contributed by atoms with Gasteiger partial charge in [0, 0.05) is 47.1 Å². The van der Waals surface area contributed by atoms with Gasteiger partial charge in [0.05, 0.1) is 5.56 Å². The molecule has 7 nitrogen and oxygen atoms in total. The van der Waals surface area contributed by atoms with Crippen LogP contribution in [0.25, 0.3) is 0 Å². The summed E-state index contributed by atoms with van der Waals surface area (Å²) in [6, 6.07) is 2.03. The molecular formula is C19H25BrN4O3S. The zero-order valence-corrected chi connectivity index (χ0v) is 19.2. The maximum atomic E-state index is 13.0. The molecule has 2 aromatic rings. The van der Waals surface area contributed by atoms with Gasteiger partial charge < -0.3 is 9.30 Å². The average molecular weight is 469 g/mol. The number of carbonyl (C=O) groups excluding carboxylic acids is 2. The second-order valence-corrected chi connectivity index (χ2v) is 9.38. The maximum Gasteiger partial charge on any atom is 0.414 e. The van der Waals surface area contributed by atoms with Crippen LogP contribution in [0.3, 0.4) is 0 Å². The number of ether oxygens (including phenoxy) is 1. The molecule has 28 heavy (non-hydrogen) atoms. The summed E-state index contributed by atoms with van der Waals surface area (Å²) >= 11 is 5.07. The Kier molecular flexibility index (Phi) is 6.71. The number of hydrogen-bond donors (Lipinski definition) is 2. The van der Waals surface area contributed by atoms with Gasteiger partial charge in [-0.25, -0.2) is 4.79 Å². The molecule has 2 aromatic heterocycles. The lowest BCUT2D eigenvalue weighted by Crippen LogP contribution is -2.46. The molecule has 0 radical (unpaired) electrons. The first-order valence-corrected chi connectivity index (χ1v) is 10.3. The van der Waals surface area contributed by atoms with Crippen LogP contribution in [0.4, 0.5) is 4.79 Å². The number of aryl methyl sites for hydroxylation is 1. The molecule has 2 heterocycles. The lowest BCUT2D eigenvalue weighted by Gasteiger charge is -2.23. The normalized spacial score (nSPS) is 12.4. The molecular weight excluding hydrogens is 444 g/mol. The second kappa shape index (κ2) is 8.48. The largest absolute Gasteiger partial charge is 0.444 e. The molecule has 0 aromatic carbocycles. The fourth-order valence-corrected chi connectivity index (χ4v) is 4.12. The van der Waals surface area contributed by atoms with Crippen molar-refractivity contribution in [3.63, 3.8) is 0 Å². The minimum Gasteiger partial charge on any atom is -0.444 e. The van der Waals surface area contributed by atoms with E-state index in [1.165, 1.54) is 7.05 Å². The Morgan fingerprint density at radius 1 is 1.36 bits per heavy atom. The molecule has 2 N–H and O–H groups in total. The highest BCUT2D eigenvalue weighted by Crippen LogP contribution is 2.33. The highest BCUT2D eigenvalue weighted by atomic mass is 79.9. The molecule has 2 rings (SSSR count). The summed E-state index contributed by atoms with van der Waals surface area (Å²) in [5.74, 6) is -0.711. The fourth-order valence-electron chi connectivity index (χ4n) is 2.60. The van der Waals surface area contributed by atoms with E-state index in [1.807, 2.05) is 36.2 Å². The zero-order valence-electron chi connectivity index (χ0n) is 16.8. The lowest BCUT2D eigenvalue weighted by atomic mass is 9.98. The minimum absolute atomic E-state index is 0.0119. The summed E-state index contributed by atoms with van der Waals surface area (Å²) < 4.78 is 7.96. The monoisotopic (exact) mass is 468 g/mol. The lowest BCUT2D eigenvalue weighted by molar-refractivity contribution is 0.0556. The number of nitrogens with one attached hydrogen (secondary N) is 2. The summed E-state index contributed by atoms with van der Waals surface area (Å²) in [4.78, 5) is 27.1. The first-order chi connectivity index (χ1) is 12.9. The van der Waals surface area contributed by atoms with Crippen molar-refractivity contribution in [2.45, 2.75) is 39.2 Å². The van der Waals surface area contributed by atoms with Gasteiger partial charge in [-0.15, -0.1) is 11.3 Å². The van der Waals surface area contributed by atoms with Crippen molar-refractivity contribution in [3.05, 3.63) is 44.3 Å². The van der Waals surface area contributed by atoms with E-state index < -0.39 is 11.7 Å². The molecule has 0 fully saturated rings. The number of amides is 2. The van der Waals surface area contributed by atoms with Crippen LogP contribution in [0.1, 0.15) is 54.4 Å². The van der Waals surface area contributed by atoms with Gasteiger partial charge in [0.1, 0.15) is 5.60 Å². The fraction of sp³-hybridized carbons (Fsp3) is 0.421. The van der Waals surface area contributed by atoms with Crippen molar-refractivity contribution in [1.82, 2.24) is 14.8 Å². The predicted molar refractivity (Wildman–Crippen MR) is 114 cm³/mol. The van der Waals surface area contributed by atoms with E-state index in [0.29, 0.717) is 5.56 Å². The molecule has 1 atom stereocenters. The summed E-state index contributed by atoms with van der Waals surface area (Å²) in [5.41, 5.74) is 0.653. The number of thiophene rings is 1. The van der Waals surface area contributed by atoms with Crippen LogP contribution in [0.2, 0.25) is 0 Å². The van der Waals surface area contributed by atoms with E-state index in [1.54, 1.807) is 38.3 Å². The molecule has 0 bridgehead atoms. The van der Waals surface area contributed by atoms with E-state index in [0.717, 1.165) is 19.8 Å². The zero-order chi connectivity index (χ0) is 21.2. The van der Waals surface area contributed by atoms with Gasteiger partial charge in [0.2, 0.25) is 5.96 Å². The van der Waals surface area contributed by atoms with E-state index in [2.05, 4.69) is 21.2 Å². The molecule has 1 unspecified atom stereocenters. The third kappa shape index (κ3) is 5.45. The Morgan fingerprint density at radius 3 is 2.54 bits per heavy atom. The summed E-state index contributed by atoms with van der Waals surface area (Å²) in [7, 11) is 3.30. The van der Waals surface area contributed by atoms with Crippen LogP contribution in [-0.4, -0.2) is 40.1 Å². The van der Waals surface area contributed by atoms with Crippen molar-refractivity contribution in [2.24, 2.45) is 7.05 Å². The molecule has 152 valence electrons. The molecule has 0 saturated heterocycles. The molecule has 0 aliphatic heterocycles. The van der Waals surface area contributed by atoms with Gasteiger partial charge in [0.15, 0.2) is 0 Å². The molecule has 0 saturated carbocycles. The van der Waals surface area contributed by atoms with Crippen molar-refractivity contribution >= 4 is 45.2 Å². The minimum atomic E-state index is -0.776. The smallest absolute Gasteiger partial charge is 0.414 e. The second-order valence-electron chi connectivity index (χ2n) is 7.52. The van der Waals surface area contributed by atoms with Crippen LogP contribution in [0, 0.1) is 5.41 Å². The number of carbonyl (C=O) groups is 2. The van der Waals surface area contributed by atoms with E-state index in [4.69, 9.17) is 10.1 Å². The summed E-state index contributed by atoms with van der Waals surface area (Å²) in [6.07, 6.45) is 2.86. The maximum absolute atomic E-state index is 13.0. The standard InChI is InChI=1S/C19H25BrN4O3S/c1-11(15-7-12(20)10-28-15)13-8-23(5)9-14(13)16(25)24(6)17(21)22-18(26)27-19(2,3)4/h7-11H,1-6H3,(H2,21,22,26). The Labute approximate surface area is 177 Å².